The molecule has 1 aromatic rings. The van der Waals surface area contributed by atoms with Crippen molar-refractivity contribution in [2.24, 2.45) is 0 Å². The molecule has 0 N–H and O–H groups in total. The maximum Gasteiger partial charge on any atom is 0.284 e. The van der Waals surface area contributed by atoms with E-state index in [-0.39, 0.29) is 22.1 Å². The molecule has 2 rings (SSSR count). The number of nitro benzene ring substituents is 1. The molecule has 0 saturated heterocycles. The van der Waals surface area contributed by atoms with Gasteiger partial charge in [0, 0.05) is 19.2 Å². The first kappa shape index (κ1) is 14.0. The highest BCUT2D eigenvalue weighted by molar-refractivity contribution is 9.10. The van der Waals surface area contributed by atoms with Gasteiger partial charge in [0.15, 0.2) is 0 Å². The summed E-state index contributed by atoms with van der Waals surface area (Å²) in [4.78, 5) is 24.5. The molecule has 0 heterocycles. The van der Waals surface area contributed by atoms with E-state index in [9.17, 15) is 14.9 Å². The van der Waals surface area contributed by atoms with Gasteiger partial charge in [-0.15, -0.1) is 0 Å². The van der Waals surface area contributed by atoms with Crippen LogP contribution in [-0.4, -0.2) is 28.8 Å². The fourth-order valence-electron chi connectivity index (χ4n) is 2.47. The second-order valence-electron chi connectivity index (χ2n) is 4.75. The van der Waals surface area contributed by atoms with Crippen LogP contribution in [0.25, 0.3) is 0 Å². The molecule has 0 atom stereocenters. The highest BCUT2D eigenvalue weighted by atomic mass is 79.9. The highest BCUT2D eigenvalue weighted by Crippen LogP contribution is 2.30. The third-order valence-electron chi connectivity index (χ3n) is 3.60. The molecule has 0 radical (unpaired) electrons. The second-order valence-corrected chi connectivity index (χ2v) is 5.54. The zero-order chi connectivity index (χ0) is 14.0. The van der Waals surface area contributed by atoms with Crippen LogP contribution in [0.2, 0.25) is 0 Å². The number of rotatable bonds is 3. The highest BCUT2D eigenvalue weighted by Gasteiger charge is 2.27. The summed E-state index contributed by atoms with van der Waals surface area (Å²) in [5.74, 6) is -0.164. The Morgan fingerprint density at radius 3 is 2.63 bits per heavy atom. The lowest BCUT2D eigenvalue weighted by Crippen LogP contribution is -2.35. The van der Waals surface area contributed by atoms with Gasteiger partial charge in [0.05, 0.1) is 10.5 Å². The molecule has 0 spiro atoms. The first-order chi connectivity index (χ1) is 9.02. The molecule has 1 fully saturated rings. The van der Waals surface area contributed by atoms with Gasteiger partial charge < -0.3 is 4.90 Å². The molecule has 1 aliphatic carbocycles. The molecule has 1 saturated carbocycles. The van der Waals surface area contributed by atoms with Gasteiger partial charge in [-0.2, -0.15) is 0 Å². The Morgan fingerprint density at radius 2 is 2.05 bits per heavy atom. The molecule has 1 aromatic carbocycles. The van der Waals surface area contributed by atoms with Gasteiger partial charge in [-0.3, -0.25) is 14.9 Å². The molecule has 0 bridgehead atoms. The zero-order valence-corrected chi connectivity index (χ0v) is 12.2. The lowest BCUT2D eigenvalue weighted by Gasteiger charge is -2.24. The molecule has 1 amide bonds. The van der Waals surface area contributed by atoms with Crippen molar-refractivity contribution >= 4 is 27.5 Å². The average molecular weight is 327 g/mol. The molecule has 1 aliphatic rings. The normalized spacial score (nSPS) is 15.5. The summed E-state index contributed by atoms with van der Waals surface area (Å²) in [7, 11) is 1.77. The van der Waals surface area contributed by atoms with Crippen LogP contribution in [0.3, 0.4) is 0 Å². The van der Waals surface area contributed by atoms with Gasteiger partial charge in [0.25, 0.3) is 11.6 Å². The number of halogens is 1. The maximum absolute atomic E-state index is 12.4. The predicted octanol–water partition coefficient (Wildman–Crippen LogP) is 3.37. The van der Waals surface area contributed by atoms with E-state index in [1.807, 2.05) is 0 Å². The van der Waals surface area contributed by atoms with E-state index < -0.39 is 4.92 Å². The Bertz CT molecular complexity index is 513. The van der Waals surface area contributed by atoms with Crippen molar-refractivity contribution in [3.8, 4) is 0 Å². The molecule has 19 heavy (non-hydrogen) atoms. The first-order valence-electron chi connectivity index (χ1n) is 6.22. The second kappa shape index (κ2) is 5.69. The number of amides is 1. The van der Waals surface area contributed by atoms with Gasteiger partial charge in [-0.05, 0) is 34.8 Å². The lowest BCUT2D eigenvalue weighted by atomic mass is 10.1. The smallest absolute Gasteiger partial charge is 0.284 e. The van der Waals surface area contributed by atoms with Gasteiger partial charge >= 0.3 is 0 Å². The fourth-order valence-corrected chi connectivity index (χ4v) is 3.05. The van der Waals surface area contributed by atoms with Gasteiger partial charge in [0.1, 0.15) is 4.47 Å². The minimum Gasteiger partial charge on any atom is -0.339 e. The summed E-state index contributed by atoms with van der Waals surface area (Å²) >= 11 is 3.17. The Labute approximate surface area is 119 Å². The number of nitrogens with zero attached hydrogens (tertiary/aromatic N) is 2. The number of carbonyl (C=O) groups excluding carboxylic acids is 1. The van der Waals surface area contributed by atoms with E-state index in [0.717, 1.165) is 25.7 Å². The lowest BCUT2D eigenvalue weighted by molar-refractivity contribution is -0.385. The maximum atomic E-state index is 12.4. The van der Waals surface area contributed by atoms with Crippen molar-refractivity contribution in [2.45, 2.75) is 31.7 Å². The molecular formula is C13H15BrN2O3. The summed E-state index contributed by atoms with van der Waals surface area (Å²) in [6.45, 7) is 0. The number of nitro groups is 1. The van der Waals surface area contributed by atoms with Gasteiger partial charge in [-0.25, -0.2) is 0 Å². The van der Waals surface area contributed by atoms with Crippen LogP contribution >= 0.6 is 15.9 Å². The summed E-state index contributed by atoms with van der Waals surface area (Å²) in [6.07, 6.45) is 4.29. The molecule has 0 aliphatic heterocycles. The summed E-state index contributed by atoms with van der Waals surface area (Å²) in [5.41, 5.74) is 0.272. The Hall–Kier alpha value is -1.43. The van der Waals surface area contributed by atoms with Crippen molar-refractivity contribution < 1.29 is 9.72 Å². The number of hydrogen-bond donors (Lipinski definition) is 0. The summed E-state index contributed by atoms with van der Waals surface area (Å²) in [6, 6.07) is 4.79. The van der Waals surface area contributed by atoms with Gasteiger partial charge in [-0.1, -0.05) is 18.9 Å². The molecule has 5 nitrogen and oxygen atoms in total. The monoisotopic (exact) mass is 326 g/mol. The molecular weight excluding hydrogens is 312 g/mol. The largest absolute Gasteiger partial charge is 0.339 e. The van der Waals surface area contributed by atoms with E-state index in [0.29, 0.717) is 5.56 Å². The van der Waals surface area contributed by atoms with Crippen LogP contribution in [0.5, 0.6) is 0 Å². The van der Waals surface area contributed by atoms with Crippen LogP contribution in [0.4, 0.5) is 5.69 Å². The standard InChI is InChI=1S/C13H15BrN2O3/c1-15(9-5-2-3-6-9)13(17)10-7-4-8-11(12(10)14)16(18)19/h4,7-9H,2-3,5-6H2,1H3. The van der Waals surface area contributed by atoms with Crippen molar-refractivity contribution in [1.82, 2.24) is 4.90 Å². The minimum atomic E-state index is -0.490. The van der Waals surface area contributed by atoms with Crippen LogP contribution in [-0.2, 0) is 0 Å². The molecule has 0 unspecified atom stereocenters. The third-order valence-corrected chi connectivity index (χ3v) is 4.43. The molecule has 6 heteroatoms. The van der Waals surface area contributed by atoms with E-state index in [1.54, 1.807) is 24.1 Å². The van der Waals surface area contributed by atoms with Crippen LogP contribution in [0, 0.1) is 10.1 Å². The van der Waals surface area contributed by atoms with Gasteiger partial charge in [0.2, 0.25) is 0 Å². The molecule has 102 valence electrons. The van der Waals surface area contributed by atoms with Crippen LogP contribution in [0.15, 0.2) is 22.7 Å². The SMILES string of the molecule is CN(C(=O)c1cccc([N+](=O)[O-])c1Br)C1CCCC1. The molecule has 0 aromatic heterocycles. The van der Waals surface area contributed by atoms with Crippen LogP contribution < -0.4 is 0 Å². The summed E-state index contributed by atoms with van der Waals surface area (Å²) in [5, 5.41) is 10.9. The number of hydrogen-bond acceptors (Lipinski definition) is 3. The Balaban J connectivity index is 2.28. The van der Waals surface area contributed by atoms with Crippen molar-refractivity contribution in [1.29, 1.82) is 0 Å². The van der Waals surface area contributed by atoms with Crippen LogP contribution in [0.1, 0.15) is 36.0 Å². The fraction of sp³-hybridized carbons (Fsp3) is 0.462. The van der Waals surface area contributed by atoms with E-state index in [4.69, 9.17) is 0 Å². The quantitative estimate of drug-likeness (QED) is 0.631. The van der Waals surface area contributed by atoms with E-state index in [2.05, 4.69) is 15.9 Å². The number of benzene rings is 1. The van der Waals surface area contributed by atoms with E-state index >= 15 is 0 Å². The Kier molecular flexibility index (Phi) is 4.19. The predicted molar refractivity (Wildman–Crippen MR) is 75.1 cm³/mol. The average Bonchev–Trinajstić information content (AvgIpc) is 2.90. The van der Waals surface area contributed by atoms with E-state index in [1.165, 1.54) is 6.07 Å². The van der Waals surface area contributed by atoms with Crippen molar-refractivity contribution in [3.05, 3.63) is 38.3 Å². The first-order valence-corrected chi connectivity index (χ1v) is 7.01. The van der Waals surface area contributed by atoms with Crippen molar-refractivity contribution in [3.63, 3.8) is 0 Å². The topological polar surface area (TPSA) is 63.5 Å². The van der Waals surface area contributed by atoms with Crippen molar-refractivity contribution in [2.75, 3.05) is 7.05 Å². The minimum absolute atomic E-state index is 0.0781. The summed E-state index contributed by atoms with van der Waals surface area (Å²) < 4.78 is 0.259. The Morgan fingerprint density at radius 1 is 1.42 bits per heavy atom. The third kappa shape index (κ3) is 2.78. The zero-order valence-electron chi connectivity index (χ0n) is 10.6. The number of carbonyl (C=O) groups is 1.